The molecule has 0 aliphatic rings. The van der Waals surface area contributed by atoms with Crippen LogP contribution >= 0.6 is 11.6 Å². The van der Waals surface area contributed by atoms with Gasteiger partial charge in [0, 0.05) is 12.3 Å². The minimum absolute atomic E-state index is 0.0914. The quantitative estimate of drug-likeness (QED) is 0.358. The van der Waals surface area contributed by atoms with E-state index in [0.29, 0.717) is 12.1 Å². The third kappa shape index (κ3) is 3.39. The van der Waals surface area contributed by atoms with Gasteiger partial charge in [0.2, 0.25) is 5.43 Å². The molecule has 0 amide bonds. The van der Waals surface area contributed by atoms with Gasteiger partial charge in [0.25, 0.3) is 5.88 Å². The van der Waals surface area contributed by atoms with Crippen molar-refractivity contribution in [1.82, 2.24) is 9.55 Å². The molecule has 0 atom stereocenters. The number of nitrogens with zero attached hydrogens (tertiary/aromatic N) is 2. The van der Waals surface area contributed by atoms with E-state index in [1.54, 1.807) is 0 Å². The summed E-state index contributed by atoms with van der Waals surface area (Å²) >= 11 is 5.86. The van der Waals surface area contributed by atoms with Gasteiger partial charge in [-0.15, -0.1) is 0 Å². The molecule has 0 bridgehead atoms. The Bertz CT molecular complexity index is 1210. The number of carbonyl (C=O) groups excluding carboxylic acids is 1. The molecule has 0 aliphatic heterocycles. The first-order chi connectivity index (χ1) is 13.7. The highest BCUT2D eigenvalue weighted by Gasteiger charge is 2.25. The predicted octanol–water partition coefficient (Wildman–Crippen LogP) is 3.78. The van der Waals surface area contributed by atoms with Crippen molar-refractivity contribution in [2.24, 2.45) is 0 Å². The summed E-state index contributed by atoms with van der Waals surface area (Å²) in [5, 5.41) is -1.40. The number of carbonyl (C=O) groups is 1. The average Bonchev–Trinajstić information content (AvgIpc) is 2.67. The zero-order valence-electron chi connectivity index (χ0n) is 14.9. The van der Waals surface area contributed by atoms with Gasteiger partial charge in [0.05, 0.1) is 24.6 Å². The normalized spacial score (nSPS) is 11.0. The van der Waals surface area contributed by atoms with E-state index in [-0.39, 0.29) is 6.61 Å². The second kappa shape index (κ2) is 7.70. The van der Waals surface area contributed by atoms with Crippen molar-refractivity contribution >= 4 is 28.5 Å². The van der Waals surface area contributed by atoms with Gasteiger partial charge in [0.1, 0.15) is 10.6 Å². The number of benzene rings is 1. The molecule has 3 rings (SSSR count). The summed E-state index contributed by atoms with van der Waals surface area (Å²) < 4.78 is 66.4. The van der Waals surface area contributed by atoms with E-state index >= 15 is 0 Å². The summed E-state index contributed by atoms with van der Waals surface area (Å²) in [6.07, 6.45) is 0.800. The van der Waals surface area contributed by atoms with E-state index in [1.807, 2.05) is 0 Å². The zero-order chi connectivity index (χ0) is 21.5. The van der Waals surface area contributed by atoms with E-state index in [4.69, 9.17) is 21.1 Å². The lowest BCUT2D eigenvalue weighted by atomic mass is 10.1. The highest BCUT2D eigenvalue weighted by molar-refractivity contribution is 6.35. The maximum atomic E-state index is 14.5. The monoisotopic (exact) mass is 430 g/mol. The van der Waals surface area contributed by atoms with Crippen molar-refractivity contribution in [1.29, 1.82) is 0 Å². The molecule has 0 fully saturated rings. The number of pyridine rings is 2. The third-order valence-corrected chi connectivity index (χ3v) is 4.27. The van der Waals surface area contributed by atoms with Gasteiger partial charge in [-0.05, 0) is 13.0 Å². The number of ether oxygens (including phenoxy) is 2. The number of esters is 1. The van der Waals surface area contributed by atoms with E-state index < -0.39 is 67.9 Å². The second-order valence-electron chi connectivity index (χ2n) is 5.63. The van der Waals surface area contributed by atoms with Crippen LogP contribution in [0, 0.1) is 23.3 Å². The fraction of sp³-hybridized carbons (Fsp3) is 0.167. The highest BCUT2D eigenvalue weighted by atomic mass is 35.5. The van der Waals surface area contributed by atoms with Gasteiger partial charge in [-0.25, -0.2) is 22.4 Å². The Kier molecular flexibility index (Phi) is 5.47. The molecule has 0 radical (unpaired) electrons. The van der Waals surface area contributed by atoms with Crippen LogP contribution in [0.2, 0.25) is 5.02 Å². The number of methoxy groups -OCH3 is 1. The number of hydrogen-bond donors (Lipinski definition) is 0. The number of aromatic nitrogens is 2. The van der Waals surface area contributed by atoms with Crippen molar-refractivity contribution in [3.8, 4) is 11.7 Å². The Balaban J connectivity index is 2.52. The highest BCUT2D eigenvalue weighted by Crippen LogP contribution is 2.31. The van der Waals surface area contributed by atoms with E-state index in [1.165, 1.54) is 6.92 Å². The van der Waals surface area contributed by atoms with E-state index in [0.717, 1.165) is 17.9 Å². The molecule has 6 nitrogen and oxygen atoms in total. The Morgan fingerprint density at radius 3 is 2.48 bits per heavy atom. The molecule has 0 spiro atoms. The SMILES string of the molecule is CCOC(=O)c1cn(-c2nc(OC)c(F)cc2F)c2c(Cl)c(F)c(F)cc2c1=O. The summed E-state index contributed by atoms with van der Waals surface area (Å²) in [7, 11) is 1.07. The number of halogens is 5. The maximum Gasteiger partial charge on any atom is 0.343 e. The molecule has 1 aromatic carbocycles. The fourth-order valence-electron chi connectivity index (χ4n) is 2.67. The smallest absolute Gasteiger partial charge is 0.343 e. The van der Waals surface area contributed by atoms with Crippen LogP contribution in [-0.2, 0) is 4.74 Å². The first kappa shape index (κ1) is 20.6. The molecule has 0 saturated carbocycles. The Hall–Kier alpha value is -3.14. The molecule has 2 heterocycles. The van der Waals surface area contributed by atoms with Crippen LogP contribution in [0.25, 0.3) is 16.7 Å². The van der Waals surface area contributed by atoms with Crippen molar-refractivity contribution in [3.63, 3.8) is 0 Å². The largest absolute Gasteiger partial charge is 0.479 e. The molecule has 0 unspecified atom stereocenters. The first-order valence-corrected chi connectivity index (χ1v) is 8.39. The van der Waals surface area contributed by atoms with Crippen molar-refractivity contribution in [2.45, 2.75) is 6.92 Å². The summed E-state index contributed by atoms with van der Waals surface area (Å²) in [6, 6.07) is 0.944. The van der Waals surface area contributed by atoms with E-state index in [9.17, 15) is 27.2 Å². The summed E-state index contributed by atoms with van der Waals surface area (Å²) in [5.41, 5.74) is -2.13. The molecular weight excluding hydrogens is 420 g/mol. The van der Waals surface area contributed by atoms with Crippen LogP contribution < -0.4 is 10.2 Å². The van der Waals surface area contributed by atoms with Crippen LogP contribution in [0.4, 0.5) is 17.6 Å². The molecule has 0 N–H and O–H groups in total. The summed E-state index contributed by atoms with van der Waals surface area (Å²) in [5.74, 6) is -7.74. The maximum absolute atomic E-state index is 14.5. The molecule has 29 heavy (non-hydrogen) atoms. The molecular formula is C18H11ClF4N2O4. The third-order valence-electron chi connectivity index (χ3n) is 3.92. The lowest BCUT2D eigenvalue weighted by Gasteiger charge is -2.15. The molecule has 152 valence electrons. The Labute approximate surface area is 165 Å². The first-order valence-electron chi connectivity index (χ1n) is 8.01. The van der Waals surface area contributed by atoms with Gasteiger partial charge in [-0.2, -0.15) is 4.98 Å². The summed E-state index contributed by atoms with van der Waals surface area (Å²) in [4.78, 5) is 28.4. The zero-order valence-corrected chi connectivity index (χ0v) is 15.6. The van der Waals surface area contributed by atoms with Crippen molar-refractivity contribution in [3.05, 3.63) is 62.4 Å². The summed E-state index contributed by atoms with van der Waals surface area (Å²) in [6.45, 7) is 1.39. The van der Waals surface area contributed by atoms with Crippen LogP contribution in [0.5, 0.6) is 5.88 Å². The van der Waals surface area contributed by atoms with Crippen LogP contribution in [0.3, 0.4) is 0 Å². The van der Waals surface area contributed by atoms with Gasteiger partial charge in [-0.3, -0.25) is 9.36 Å². The topological polar surface area (TPSA) is 70.4 Å². The van der Waals surface area contributed by atoms with Crippen molar-refractivity contribution in [2.75, 3.05) is 13.7 Å². The Morgan fingerprint density at radius 2 is 1.86 bits per heavy atom. The molecule has 0 aliphatic carbocycles. The fourth-order valence-corrected chi connectivity index (χ4v) is 2.95. The lowest BCUT2D eigenvalue weighted by molar-refractivity contribution is 0.0524. The number of rotatable bonds is 4. The lowest BCUT2D eigenvalue weighted by Crippen LogP contribution is -2.22. The van der Waals surface area contributed by atoms with Gasteiger partial charge in [-0.1, -0.05) is 11.6 Å². The van der Waals surface area contributed by atoms with E-state index in [2.05, 4.69) is 4.98 Å². The van der Waals surface area contributed by atoms with Gasteiger partial charge >= 0.3 is 5.97 Å². The minimum atomic E-state index is -1.51. The van der Waals surface area contributed by atoms with Gasteiger partial charge in [0.15, 0.2) is 29.1 Å². The number of fused-ring (bicyclic) bond motifs is 1. The van der Waals surface area contributed by atoms with Crippen LogP contribution in [0.1, 0.15) is 17.3 Å². The Morgan fingerprint density at radius 1 is 1.17 bits per heavy atom. The predicted molar refractivity (Wildman–Crippen MR) is 94.7 cm³/mol. The number of hydrogen-bond acceptors (Lipinski definition) is 5. The van der Waals surface area contributed by atoms with Crippen LogP contribution in [0.15, 0.2) is 23.1 Å². The second-order valence-corrected chi connectivity index (χ2v) is 6.01. The average molecular weight is 431 g/mol. The molecule has 11 heteroatoms. The van der Waals surface area contributed by atoms with Crippen molar-refractivity contribution < 1.29 is 31.8 Å². The van der Waals surface area contributed by atoms with Crippen LogP contribution in [-0.4, -0.2) is 29.2 Å². The van der Waals surface area contributed by atoms with Gasteiger partial charge < -0.3 is 9.47 Å². The minimum Gasteiger partial charge on any atom is -0.479 e. The molecule has 0 saturated heterocycles. The molecule has 3 aromatic rings. The standard InChI is InChI=1S/C18H11ClF4N2O4/c1-3-29-18(27)8-6-25(16-10(21)5-11(22)17(24-16)28-2)14-7(15(8)26)4-9(20)13(23)12(14)19/h4-6H,3H2,1-2H3. The molecule has 2 aromatic heterocycles.